The number of sulfonamides is 1. The number of hydrogen-bond acceptors (Lipinski definition) is 4. The lowest BCUT2D eigenvalue weighted by Crippen LogP contribution is -2.41. The normalized spacial score (nSPS) is 20.7. The van der Waals surface area contributed by atoms with E-state index >= 15 is 0 Å². The van der Waals surface area contributed by atoms with Crippen molar-refractivity contribution in [3.8, 4) is 5.75 Å². The summed E-state index contributed by atoms with van der Waals surface area (Å²) in [7, 11) is -2.38. The van der Waals surface area contributed by atoms with E-state index in [-0.39, 0.29) is 34.1 Å². The summed E-state index contributed by atoms with van der Waals surface area (Å²) in [4.78, 5) is 12.1. The Hall–Kier alpha value is -1.86. The summed E-state index contributed by atoms with van der Waals surface area (Å²) in [5, 5.41) is 2.64. The number of carbonyl (C=O) groups excluding carboxylic acids is 1. The second-order valence-electron chi connectivity index (χ2n) is 6.35. The molecule has 0 radical (unpaired) electrons. The van der Waals surface area contributed by atoms with Crippen molar-refractivity contribution in [2.45, 2.75) is 43.5 Å². The topological polar surface area (TPSA) is 84.5 Å². The van der Waals surface area contributed by atoms with E-state index in [1.54, 1.807) is 12.1 Å². The summed E-state index contributed by atoms with van der Waals surface area (Å²) in [5.41, 5.74) is 0.264. The third-order valence-corrected chi connectivity index (χ3v) is 6.05. The van der Waals surface area contributed by atoms with Crippen LogP contribution in [0.15, 0.2) is 35.7 Å². The van der Waals surface area contributed by atoms with E-state index in [0.717, 1.165) is 25.7 Å². The van der Waals surface area contributed by atoms with E-state index in [1.807, 2.05) is 0 Å². The summed E-state index contributed by atoms with van der Waals surface area (Å²) < 4.78 is 33.7. The molecule has 1 aromatic rings. The van der Waals surface area contributed by atoms with Gasteiger partial charge in [0.25, 0.3) is 5.91 Å². The minimum Gasteiger partial charge on any atom is -0.495 e. The highest BCUT2D eigenvalue weighted by atomic mass is 32.2. The van der Waals surface area contributed by atoms with Crippen molar-refractivity contribution >= 4 is 15.9 Å². The van der Waals surface area contributed by atoms with Crippen molar-refractivity contribution in [2.75, 3.05) is 13.7 Å². The standard InChI is InChI=1S/C18H26N2O4S/c1-4-11-19-18(21)14-9-10-16(24-3)17(12-14)25(22,23)20-15-8-6-5-7-13(15)2/h4,9-10,12-13,15,20H,1,5-8,11H2,2-3H3,(H,19,21)/t13-,15+/m0/s1. The monoisotopic (exact) mass is 366 g/mol. The van der Waals surface area contributed by atoms with Gasteiger partial charge in [-0.3, -0.25) is 4.79 Å². The summed E-state index contributed by atoms with van der Waals surface area (Å²) >= 11 is 0. The van der Waals surface area contributed by atoms with Crippen molar-refractivity contribution in [3.63, 3.8) is 0 Å². The van der Waals surface area contributed by atoms with Gasteiger partial charge in [-0.1, -0.05) is 25.8 Å². The Morgan fingerprint density at radius 2 is 2.08 bits per heavy atom. The molecule has 0 bridgehead atoms. The molecule has 1 amide bonds. The number of amides is 1. The number of nitrogens with one attached hydrogen (secondary N) is 2. The fourth-order valence-electron chi connectivity index (χ4n) is 3.05. The van der Waals surface area contributed by atoms with Crippen LogP contribution in [0, 0.1) is 5.92 Å². The second-order valence-corrected chi connectivity index (χ2v) is 8.04. The van der Waals surface area contributed by atoms with Gasteiger partial charge >= 0.3 is 0 Å². The zero-order valence-electron chi connectivity index (χ0n) is 14.7. The average molecular weight is 366 g/mol. The molecule has 25 heavy (non-hydrogen) atoms. The molecule has 1 saturated carbocycles. The molecule has 1 aromatic carbocycles. The Kier molecular flexibility index (Phi) is 6.61. The van der Waals surface area contributed by atoms with Crippen LogP contribution in [0.5, 0.6) is 5.75 Å². The predicted octanol–water partition coefficient (Wildman–Crippen LogP) is 2.47. The van der Waals surface area contributed by atoms with Gasteiger partial charge < -0.3 is 10.1 Å². The summed E-state index contributed by atoms with van der Waals surface area (Å²) in [5.74, 6) is 0.148. The fourth-order valence-corrected chi connectivity index (χ4v) is 4.62. The number of rotatable bonds is 7. The van der Waals surface area contributed by atoms with Gasteiger partial charge in [0, 0.05) is 18.2 Å². The lowest BCUT2D eigenvalue weighted by Gasteiger charge is -2.29. The fraction of sp³-hybridized carbons (Fsp3) is 0.500. The van der Waals surface area contributed by atoms with Crippen LogP contribution in [-0.2, 0) is 10.0 Å². The van der Waals surface area contributed by atoms with Crippen molar-refractivity contribution in [3.05, 3.63) is 36.4 Å². The first-order valence-electron chi connectivity index (χ1n) is 8.48. The smallest absolute Gasteiger partial charge is 0.251 e. The first kappa shape index (κ1) is 19.5. The minimum atomic E-state index is -3.79. The molecule has 7 heteroatoms. The Morgan fingerprint density at radius 3 is 2.72 bits per heavy atom. The maximum atomic E-state index is 12.9. The summed E-state index contributed by atoms with van der Waals surface area (Å²) in [6.07, 6.45) is 5.53. The number of carbonyl (C=O) groups is 1. The SMILES string of the molecule is C=CCNC(=O)c1ccc(OC)c(S(=O)(=O)N[C@@H]2CCCC[C@@H]2C)c1. The Morgan fingerprint density at radius 1 is 1.36 bits per heavy atom. The van der Waals surface area contributed by atoms with Crippen LogP contribution in [0.4, 0.5) is 0 Å². The van der Waals surface area contributed by atoms with Crippen LogP contribution in [0.3, 0.4) is 0 Å². The van der Waals surface area contributed by atoms with Crippen LogP contribution < -0.4 is 14.8 Å². The highest BCUT2D eigenvalue weighted by Gasteiger charge is 2.29. The van der Waals surface area contributed by atoms with Gasteiger partial charge in [-0.2, -0.15) is 0 Å². The number of ether oxygens (including phenoxy) is 1. The van der Waals surface area contributed by atoms with E-state index < -0.39 is 10.0 Å². The maximum absolute atomic E-state index is 12.9. The molecule has 0 aliphatic heterocycles. The zero-order chi connectivity index (χ0) is 18.4. The van der Waals surface area contributed by atoms with E-state index in [4.69, 9.17) is 4.74 Å². The third-order valence-electron chi connectivity index (χ3n) is 4.54. The van der Waals surface area contributed by atoms with Crippen molar-refractivity contribution in [1.82, 2.24) is 10.0 Å². The quantitative estimate of drug-likeness (QED) is 0.726. The molecule has 2 rings (SSSR count). The number of benzene rings is 1. The lowest BCUT2D eigenvalue weighted by atomic mass is 9.87. The van der Waals surface area contributed by atoms with E-state index in [1.165, 1.54) is 19.2 Å². The number of methoxy groups -OCH3 is 1. The van der Waals surface area contributed by atoms with E-state index in [9.17, 15) is 13.2 Å². The highest BCUT2D eigenvalue weighted by Crippen LogP contribution is 2.29. The Bertz CT molecular complexity index is 731. The van der Waals surface area contributed by atoms with Crippen molar-refractivity contribution in [1.29, 1.82) is 0 Å². The van der Waals surface area contributed by atoms with E-state index in [0.29, 0.717) is 6.54 Å². The van der Waals surface area contributed by atoms with E-state index in [2.05, 4.69) is 23.5 Å². The molecular formula is C18H26N2O4S. The predicted molar refractivity (Wildman–Crippen MR) is 97.3 cm³/mol. The molecule has 1 aliphatic rings. The zero-order valence-corrected chi connectivity index (χ0v) is 15.6. The third kappa shape index (κ3) is 4.83. The molecule has 0 spiro atoms. The average Bonchev–Trinajstić information content (AvgIpc) is 2.61. The van der Waals surface area contributed by atoms with Crippen molar-refractivity contribution in [2.24, 2.45) is 5.92 Å². The Balaban J connectivity index is 2.30. The molecule has 1 aliphatic carbocycles. The van der Waals surface area contributed by atoms with Gasteiger partial charge in [-0.05, 0) is 37.0 Å². The minimum absolute atomic E-state index is 0.0148. The molecule has 2 atom stereocenters. The summed E-state index contributed by atoms with van der Waals surface area (Å²) in [6.45, 7) is 5.91. The maximum Gasteiger partial charge on any atom is 0.251 e. The van der Waals surface area contributed by atoms with Gasteiger partial charge in [-0.25, -0.2) is 13.1 Å². The van der Waals surface area contributed by atoms with Gasteiger partial charge in [0.2, 0.25) is 10.0 Å². The van der Waals surface area contributed by atoms with Crippen LogP contribution >= 0.6 is 0 Å². The molecule has 1 fully saturated rings. The first-order valence-corrected chi connectivity index (χ1v) is 9.97. The van der Waals surface area contributed by atoms with Crippen LogP contribution in [-0.4, -0.2) is 34.0 Å². The first-order chi connectivity index (χ1) is 11.9. The molecule has 0 saturated heterocycles. The molecule has 6 nitrogen and oxygen atoms in total. The lowest BCUT2D eigenvalue weighted by molar-refractivity contribution is 0.0957. The second kappa shape index (κ2) is 8.49. The van der Waals surface area contributed by atoms with Crippen LogP contribution in [0.2, 0.25) is 0 Å². The van der Waals surface area contributed by atoms with Crippen LogP contribution in [0.1, 0.15) is 43.0 Å². The molecule has 0 unspecified atom stereocenters. The number of hydrogen-bond donors (Lipinski definition) is 2. The molecular weight excluding hydrogens is 340 g/mol. The molecule has 0 heterocycles. The van der Waals surface area contributed by atoms with Crippen LogP contribution in [0.25, 0.3) is 0 Å². The Labute approximate surface area is 149 Å². The van der Waals surface area contributed by atoms with Gasteiger partial charge in [0.15, 0.2) is 0 Å². The summed E-state index contributed by atoms with van der Waals surface area (Å²) in [6, 6.07) is 4.30. The van der Waals surface area contributed by atoms with Gasteiger partial charge in [0.1, 0.15) is 10.6 Å². The largest absolute Gasteiger partial charge is 0.495 e. The van der Waals surface area contributed by atoms with Gasteiger partial charge in [0.05, 0.1) is 7.11 Å². The molecule has 138 valence electrons. The van der Waals surface area contributed by atoms with Crippen molar-refractivity contribution < 1.29 is 17.9 Å². The molecule has 0 aromatic heterocycles. The molecule has 2 N–H and O–H groups in total. The van der Waals surface area contributed by atoms with Gasteiger partial charge in [-0.15, -0.1) is 6.58 Å². The highest BCUT2D eigenvalue weighted by molar-refractivity contribution is 7.89.